The Labute approximate surface area is 150 Å². The topological polar surface area (TPSA) is 57.2 Å². The summed E-state index contributed by atoms with van der Waals surface area (Å²) in [6.45, 7) is 5.15. The molecule has 1 aliphatic heterocycles. The van der Waals surface area contributed by atoms with Crippen LogP contribution in [-0.2, 0) is 22.6 Å². The molecule has 0 aromatic heterocycles. The first kappa shape index (κ1) is 19.2. The fourth-order valence-electron chi connectivity index (χ4n) is 3.33. The Hall–Kier alpha value is -2.08. The molecule has 2 rings (SSSR count). The van der Waals surface area contributed by atoms with Crippen molar-refractivity contribution in [2.45, 2.75) is 20.0 Å². The van der Waals surface area contributed by atoms with Crippen molar-refractivity contribution < 1.29 is 9.53 Å². The largest absolute Gasteiger partial charge is 0.469 e. The van der Waals surface area contributed by atoms with Gasteiger partial charge in [-0.3, -0.25) is 9.79 Å². The van der Waals surface area contributed by atoms with Crippen LogP contribution in [0.25, 0.3) is 0 Å². The van der Waals surface area contributed by atoms with E-state index < -0.39 is 0 Å². The molecular formula is C19H30N4O2. The van der Waals surface area contributed by atoms with Crippen molar-refractivity contribution in [3.63, 3.8) is 0 Å². The average Bonchev–Trinajstić information content (AvgIpc) is 2.97. The SMILES string of the molecule is CN=C(NCc1ccccc1CN(C)C)N1CC(C)C(C(=O)OC)C1. The molecule has 0 spiro atoms. The van der Waals surface area contributed by atoms with Gasteiger partial charge in [-0.25, -0.2) is 0 Å². The minimum atomic E-state index is -0.137. The third kappa shape index (κ3) is 4.95. The second-order valence-corrected chi connectivity index (χ2v) is 6.92. The van der Waals surface area contributed by atoms with Crippen LogP contribution in [0, 0.1) is 11.8 Å². The van der Waals surface area contributed by atoms with Crippen LogP contribution in [0.2, 0.25) is 0 Å². The van der Waals surface area contributed by atoms with Crippen molar-refractivity contribution in [2.75, 3.05) is 41.3 Å². The van der Waals surface area contributed by atoms with Gasteiger partial charge in [0.15, 0.2) is 5.96 Å². The van der Waals surface area contributed by atoms with Crippen molar-refractivity contribution in [1.82, 2.24) is 15.1 Å². The lowest BCUT2D eigenvalue weighted by molar-refractivity contribution is -0.145. The fraction of sp³-hybridized carbons (Fsp3) is 0.579. The van der Waals surface area contributed by atoms with Crippen LogP contribution in [0.3, 0.4) is 0 Å². The number of likely N-dealkylation sites (tertiary alicyclic amines) is 1. The molecule has 6 heteroatoms. The highest BCUT2D eigenvalue weighted by Crippen LogP contribution is 2.24. The van der Waals surface area contributed by atoms with Crippen molar-refractivity contribution in [3.05, 3.63) is 35.4 Å². The molecule has 1 fully saturated rings. The van der Waals surface area contributed by atoms with Gasteiger partial charge in [-0.2, -0.15) is 0 Å². The van der Waals surface area contributed by atoms with Gasteiger partial charge in [-0.05, 0) is 31.1 Å². The Bertz CT molecular complexity index is 615. The van der Waals surface area contributed by atoms with E-state index in [0.29, 0.717) is 13.1 Å². The summed E-state index contributed by atoms with van der Waals surface area (Å²) in [5, 5.41) is 3.44. The molecule has 0 bridgehead atoms. The number of nitrogens with zero attached hydrogens (tertiary/aromatic N) is 3. The van der Waals surface area contributed by atoms with E-state index in [9.17, 15) is 4.79 Å². The summed E-state index contributed by atoms with van der Waals surface area (Å²) in [5.74, 6) is 0.858. The third-order valence-electron chi connectivity index (χ3n) is 4.67. The summed E-state index contributed by atoms with van der Waals surface area (Å²) in [7, 11) is 7.38. The summed E-state index contributed by atoms with van der Waals surface area (Å²) in [6.07, 6.45) is 0. The average molecular weight is 346 g/mol. The number of aliphatic imine (C=N–C) groups is 1. The third-order valence-corrected chi connectivity index (χ3v) is 4.67. The zero-order valence-electron chi connectivity index (χ0n) is 16.0. The number of rotatable bonds is 5. The van der Waals surface area contributed by atoms with Crippen molar-refractivity contribution >= 4 is 11.9 Å². The van der Waals surface area contributed by atoms with E-state index >= 15 is 0 Å². The van der Waals surface area contributed by atoms with Gasteiger partial charge in [0.1, 0.15) is 0 Å². The molecule has 0 radical (unpaired) electrons. The number of nitrogens with one attached hydrogen (secondary N) is 1. The second-order valence-electron chi connectivity index (χ2n) is 6.92. The molecule has 138 valence electrons. The highest BCUT2D eigenvalue weighted by atomic mass is 16.5. The zero-order chi connectivity index (χ0) is 18.4. The summed E-state index contributed by atoms with van der Waals surface area (Å²) >= 11 is 0. The second kappa shape index (κ2) is 8.85. The first-order chi connectivity index (χ1) is 12.0. The summed E-state index contributed by atoms with van der Waals surface area (Å²) in [5.41, 5.74) is 2.56. The van der Waals surface area contributed by atoms with Gasteiger partial charge in [-0.15, -0.1) is 0 Å². The van der Waals surface area contributed by atoms with Crippen LogP contribution < -0.4 is 5.32 Å². The van der Waals surface area contributed by atoms with Crippen LogP contribution >= 0.6 is 0 Å². The molecule has 1 saturated heterocycles. The van der Waals surface area contributed by atoms with Crippen molar-refractivity contribution in [3.8, 4) is 0 Å². The molecule has 2 unspecified atom stereocenters. The van der Waals surface area contributed by atoms with Gasteiger partial charge >= 0.3 is 5.97 Å². The predicted octanol–water partition coefficient (Wildman–Crippen LogP) is 1.56. The Morgan fingerprint density at radius 2 is 2.00 bits per heavy atom. The minimum absolute atomic E-state index is 0.0930. The lowest BCUT2D eigenvalue weighted by Crippen LogP contribution is -2.40. The van der Waals surface area contributed by atoms with E-state index in [-0.39, 0.29) is 17.8 Å². The summed E-state index contributed by atoms with van der Waals surface area (Å²) in [6, 6.07) is 8.43. The molecule has 1 aromatic carbocycles. The molecule has 1 N–H and O–H groups in total. The van der Waals surface area contributed by atoms with Crippen LogP contribution in [0.5, 0.6) is 0 Å². The van der Waals surface area contributed by atoms with E-state index in [1.165, 1.54) is 18.2 Å². The molecule has 0 amide bonds. The number of guanidine groups is 1. The smallest absolute Gasteiger partial charge is 0.310 e. The van der Waals surface area contributed by atoms with Crippen molar-refractivity contribution in [1.29, 1.82) is 0 Å². The Morgan fingerprint density at radius 3 is 2.60 bits per heavy atom. The Morgan fingerprint density at radius 1 is 1.32 bits per heavy atom. The molecule has 1 aliphatic rings. The Kier molecular flexibility index (Phi) is 6.82. The zero-order valence-corrected chi connectivity index (χ0v) is 16.0. The maximum atomic E-state index is 11.9. The van der Waals surface area contributed by atoms with Gasteiger partial charge in [0, 0.05) is 33.2 Å². The molecule has 1 heterocycles. The fourth-order valence-corrected chi connectivity index (χ4v) is 3.33. The standard InChI is InChI=1S/C19H30N4O2/c1-14-11-23(13-17(14)18(24)25-5)19(20-2)21-10-15-8-6-7-9-16(15)12-22(3)4/h6-9,14,17H,10-13H2,1-5H3,(H,20,21). The number of benzene rings is 1. The van der Waals surface area contributed by atoms with E-state index in [4.69, 9.17) is 4.74 Å². The van der Waals surface area contributed by atoms with Gasteiger partial charge in [0.05, 0.1) is 13.0 Å². The van der Waals surface area contributed by atoms with E-state index in [0.717, 1.165) is 19.0 Å². The van der Waals surface area contributed by atoms with E-state index in [1.807, 2.05) is 0 Å². The normalized spacial score (nSPS) is 20.9. The van der Waals surface area contributed by atoms with Crippen LogP contribution in [0.1, 0.15) is 18.1 Å². The number of methoxy groups -OCH3 is 1. The number of esters is 1. The Balaban J connectivity index is 2.01. The molecule has 0 aliphatic carbocycles. The molecule has 0 saturated carbocycles. The number of ether oxygens (including phenoxy) is 1. The predicted molar refractivity (Wildman–Crippen MR) is 100 cm³/mol. The van der Waals surface area contributed by atoms with E-state index in [2.05, 4.69) is 65.4 Å². The molecule has 2 atom stereocenters. The van der Waals surface area contributed by atoms with Crippen molar-refractivity contribution in [2.24, 2.45) is 16.8 Å². The number of carbonyl (C=O) groups excluding carboxylic acids is 1. The highest BCUT2D eigenvalue weighted by molar-refractivity contribution is 5.82. The summed E-state index contributed by atoms with van der Waals surface area (Å²) < 4.78 is 4.92. The molecular weight excluding hydrogens is 316 g/mol. The lowest BCUT2D eigenvalue weighted by atomic mass is 9.99. The molecule has 6 nitrogen and oxygen atoms in total. The van der Waals surface area contributed by atoms with E-state index in [1.54, 1.807) is 7.05 Å². The van der Waals surface area contributed by atoms with Gasteiger partial charge in [0.2, 0.25) is 0 Å². The van der Waals surface area contributed by atoms with Crippen LogP contribution in [0.15, 0.2) is 29.3 Å². The first-order valence-corrected chi connectivity index (χ1v) is 8.71. The van der Waals surface area contributed by atoms with Gasteiger partial charge < -0.3 is 19.9 Å². The van der Waals surface area contributed by atoms with Crippen LogP contribution in [-0.4, -0.2) is 63.1 Å². The van der Waals surface area contributed by atoms with Gasteiger partial charge in [-0.1, -0.05) is 31.2 Å². The molecule has 25 heavy (non-hydrogen) atoms. The highest BCUT2D eigenvalue weighted by Gasteiger charge is 2.36. The van der Waals surface area contributed by atoms with Crippen LogP contribution in [0.4, 0.5) is 0 Å². The lowest BCUT2D eigenvalue weighted by Gasteiger charge is -2.22. The molecule has 1 aromatic rings. The number of hydrogen-bond donors (Lipinski definition) is 1. The summed E-state index contributed by atoms with van der Waals surface area (Å²) in [4.78, 5) is 20.6. The maximum Gasteiger partial charge on any atom is 0.310 e. The minimum Gasteiger partial charge on any atom is -0.469 e. The first-order valence-electron chi connectivity index (χ1n) is 8.71. The number of hydrogen-bond acceptors (Lipinski definition) is 4. The number of carbonyl (C=O) groups is 1. The monoisotopic (exact) mass is 346 g/mol. The van der Waals surface area contributed by atoms with Gasteiger partial charge in [0.25, 0.3) is 0 Å². The maximum absolute atomic E-state index is 11.9. The quantitative estimate of drug-likeness (QED) is 0.498.